The summed E-state index contributed by atoms with van der Waals surface area (Å²) in [6.07, 6.45) is 0. The molecular weight excluding hydrogens is 523 g/mol. The monoisotopic (exact) mass is 547 g/mol. The summed E-state index contributed by atoms with van der Waals surface area (Å²) in [7, 11) is -8.11. The molecule has 4 aromatic carbocycles. The number of hydrogen-bond acceptors (Lipinski definition) is 5. The van der Waals surface area contributed by atoms with Crippen LogP contribution in [0.5, 0.6) is 0 Å². The number of benzene rings is 4. The summed E-state index contributed by atoms with van der Waals surface area (Å²) in [6, 6.07) is 29.2. The fourth-order valence-electron chi connectivity index (χ4n) is 4.25. The minimum Gasteiger partial charge on any atom is -0.247 e. The Bertz CT molecular complexity index is 1680. The van der Waals surface area contributed by atoms with E-state index in [1.165, 1.54) is 16.4 Å². The third-order valence-corrected chi connectivity index (χ3v) is 10.8. The molecule has 0 N–H and O–H groups in total. The Labute approximate surface area is 222 Å². The summed E-state index contributed by atoms with van der Waals surface area (Å²) in [5.74, 6) is 0. The van der Waals surface area contributed by atoms with E-state index >= 15 is 0 Å². The fraction of sp³-hybridized carbons (Fsp3) is 0.103. The molecule has 0 unspecified atom stereocenters. The van der Waals surface area contributed by atoms with Crippen LogP contribution in [0.4, 0.5) is 0 Å². The van der Waals surface area contributed by atoms with Gasteiger partial charge in [-0.05, 0) is 55.3 Å². The highest BCUT2D eigenvalue weighted by molar-refractivity contribution is 8.05. The molecule has 0 bridgehead atoms. The largest absolute Gasteiger partial charge is 0.265 e. The van der Waals surface area contributed by atoms with Gasteiger partial charge in [0, 0.05) is 4.90 Å². The molecule has 0 aliphatic carbocycles. The first-order valence-electron chi connectivity index (χ1n) is 11.6. The van der Waals surface area contributed by atoms with Crippen molar-refractivity contribution >= 4 is 31.6 Å². The number of nitrogens with zero attached hydrogens (tertiary/aromatic N) is 1. The number of fused-ring (bicyclic) bond motifs is 1. The van der Waals surface area contributed by atoms with Crippen LogP contribution in [0.1, 0.15) is 28.3 Å². The van der Waals surface area contributed by atoms with Gasteiger partial charge in [0.05, 0.1) is 21.2 Å². The summed E-state index contributed by atoms with van der Waals surface area (Å²) in [6.45, 7) is 3.76. The predicted octanol–water partition coefficient (Wildman–Crippen LogP) is 6.46. The summed E-state index contributed by atoms with van der Waals surface area (Å²) >= 11 is 1.14. The zero-order valence-electron chi connectivity index (χ0n) is 20.3. The van der Waals surface area contributed by atoms with Crippen LogP contribution in [0.3, 0.4) is 0 Å². The number of sulfonamides is 1. The molecule has 0 saturated heterocycles. The zero-order valence-corrected chi connectivity index (χ0v) is 22.7. The van der Waals surface area contributed by atoms with Crippen LogP contribution in [-0.4, -0.2) is 21.1 Å². The van der Waals surface area contributed by atoms with E-state index in [4.69, 9.17) is 0 Å². The molecule has 0 saturated carbocycles. The van der Waals surface area contributed by atoms with Gasteiger partial charge < -0.3 is 0 Å². The van der Waals surface area contributed by atoms with Gasteiger partial charge in [0.25, 0.3) is 10.0 Å². The maximum Gasteiger partial charge on any atom is 0.265 e. The molecule has 37 heavy (non-hydrogen) atoms. The molecular formula is C29H25NO4S3. The summed E-state index contributed by atoms with van der Waals surface area (Å²) in [4.78, 5) is 1.00. The second-order valence-corrected chi connectivity index (χ2v) is 13.6. The Kier molecular flexibility index (Phi) is 6.74. The third kappa shape index (κ3) is 4.97. The lowest BCUT2D eigenvalue weighted by molar-refractivity contribution is 0.435. The first-order chi connectivity index (χ1) is 17.7. The lowest BCUT2D eigenvalue weighted by Crippen LogP contribution is -2.37. The highest BCUT2D eigenvalue weighted by Gasteiger charge is 2.41. The molecule has 4 aromatic rings. The van der Waals surface area contributed by atoms with E-state index in [0.717, 1.165) is 44.3 Å². The maximum absolute atomic E-state index is 14.2. The molecule has 0 aromatic heterocycles. The molecule has 8 heteroatoms. The van der Waals surface area contributed by atoms with Gasteiger partial charge in [0.15, 0.2) is 0 Å². The SMILES string of the molecule is Cc1ccc(S(=O)(=O)/C=C2\Sc3ccccc3[C@@H](c3ccccc3)N2S(=O)(=O)c2ccc(C)cc2)cc1. The number of rotatable bonds is 5. The second-order valence-electron chi connectivity index (χ2n) is 8.88. The number of thioether (sulfide) groups is 1. The lowest BCUT2D eigenvalue weighted by atomic mass is 9.98. The van der Waals surface area contributed by atoms with E-state index < -0.39 is 25.9 Å². The topological polar surface area (TPSA) is 71.5 Å². The molecule has 0 radical (unpaired) electrons. The van der Waals surface area contributed by atoms with Crippen molar-refractivity contribution in [2.24, 2.45) is 0 Å². The van der Waals surface area contributed by atoms with E-state index in [-0.39, 0.29) is 14.8 Å². The van der Waals surface area contributed by atoms with Crippen molar-refractivity contribution in [3.63, 3.8) is 0 Å². The summed E-state index contributed by atoms with van der Waals surface area (Å²) in [5.41, 5.74) is 3.39. The maximum atomic E-state index is 14.2. The number of hydrogen-bond donors (Lipinski definition) is 0. The quantitative estimate of drug-likeness (QED) is 0.287. The van der Waals surface area contributed by atoms with Gasteiger partial charge in [0.1, 0.15) is 5.03 Å². The Morgan fingerprint density at radius 3 is 1.84 bits per heavy atom. The van der Waals surface area contributed by atoms with Crippen molar-refractivity contribution in [3.05, 3.63) is 136 Å². The van der Waals surface area contributed by atoms with Crippen LogP contribution in [0.15, 0.2) is 128 Å². The fourth-order valence-corrected chi connectivity index (χ4v) is 8.70. The average molecular weight is 548 g/mol. The molecule has 0 spiro atoms. The highest BCUT2D eigenvalue weighted by atomic mass is 32.2. The molecule has 0 amide bonds. The Hall–Kier alpha value is -3.33. The first-order valence-corrected chi connectivity index (χ1v) is 15.4. The van der Waals surface area contributed by atoms with Gasteiger partial charge >= 0.3 is 0 Å². The summed E-state index contributed by atoms with van der Waals surface area (Å²) < 4.78 is 56.8. The van der Waals surface area contributed by atoms with Crippen molar-refractivity contribution in [2.45, 2.75) is 34.6 Å². The minimum absolute atomic E-state index is 0.0950. The van der Waals surface area contributed by atoms with E-state index in [1.54, 1.807) is 36.4 Å². The molecule has 0 fully saturated rings. The van der Waals surface area contributed by atoms with Crippen molar-refractivity contribution in [1.82, 2.24) is 4.31 Å². The Morgan fingerprint density at radius 2 is 1.22 bits per heavy atom. The van der Waals surface area contributed by atoms with Crippen LogP contribution in [0.2, 0.25) is 0 Å². The van der Waals surface area contributed by atoms with Crippen molar-refractivity contribution in [1.29, 1.82) is 0 Å². The first kappa shape index (κ1) is 25.3. The smallest absolute Gasteiger partial charge is 0.247 e. The van der Waals surface area contributed by atoms with Crippen LogP contribution >= 0.6 is 11.8 Å². The predicted molar refractivity (Wildman–Crippen MR) is 147 cm³/mol. The third-order valence-electron chi connectivity index (χ3n) is 6.18. The molecule has 1 aliphatic rings. The highest BCUT2D eigenvalue weighted by Crippen LogP contribution is 2.50. The van der Waals surface area contributed by atoms with Gasteiger partial charge in [0.2, 0.25) is 9.84 Å². The Morgan fingerprint density at radius 1 is 0.676 bits per heavy atom. The van der Waals surface area contributed by atoms with E-state index in [1.807, 2.05) is 68.4 Å². The lowest BCUT2D eigenvalue weighted by Gasteiger charge is -2.39. The minimum atomic E-state index is -4.15. The number of aryl methyl sites for hydroxylation is 2. The van der Waals surface area contributed by atoms with Crippen molar-refractivity contribution in [3.8, 4) is 0 Å². The standard InChI is InChI=1S/C29H25NO4S3/c1-21-12-16-24(17-13-21)36(31,32)20-28-30(37(33,34)25-18-14-22(2)15-19-25)29(23-8-4-3-5-9-23)26-10-6-7-11-27(26)35-28/h3-20,29H,1-2H3/b28-20-/t29-/m1/s1. The van der Waals surface area contributed by atoms with E-state index in [2.05, 4.69) is 0 Å². The normalized spacial score (nSPS) is 17.0. The summed E-state index contributed by atoms with van der Waals surface area (Å²) in [5, 5.41) is 1.20. The molecule has 1 aliphatic heterocycles. The van der Waals surface area contributed by atoms with Gasteiger partial charge in [-0.25, -0.2) is 21.1 Å². The van der Waals surface area contributed by atoms with Crippen LogP contribution in [-0.2, 0) is 19.9 Å². The molecule has 1 heterocycles. The molecule has 188 valence electrons. The van der Waals surface area contributed by atoms with Crippen molar-refractivity contribution in [2.75, 3.05) is 0 Å². The molecule has 5 nitrogen and oxygen atoms in total. The molecule has 1 atom stereocenters. The van der Waals surface area contributed by atoms with Crippen LogP contribution in [0, 0.1) is 13.8 Å². The van der Waals surface area contributed by atoms with Gasteiger partial charge in [-0.3, -0.25) is 0 Å². The zero-order chi connectivity index (χ0) is 26.2. The average Bonchev–Trinajstić information content (AvgIpc) is 2.88. The van der Waals surface area contributed by atoms with Gasteiger partial charge in [-0.1, -0.05) is 95.7 Å². The van der Waals surface area contributed by atoms with E-state index in [0.29, 0.717) is 0 Å². The van der Waals surface area contributed by atoms with Crippen molar-refractivity contribution < 1.29 is 16.8 Å². The number of sulfone groups is 1. The van der Waals surface area contributed by atoms with Gasteiger partial charge in [-0.2, -0.15) is 0 Å². The van der Waals surface area contributed by atoms with Crippen LogP contribution in [0.25, 0.3) is 0 Å². The Balaban J connectivity index is 1.77. The molecule has 5 rings (SSSR count). The van der Waals surface area contributed by atoms with Crippen LogP contribution < -0.4 is 0 Å². The second kappa shape index (κ2) is 9.85. The van der Waals surface area contributed by atoms with E-state index in [9.17, 15) is 16.8 Å². The van der Waals surface area contributed by atoms with Gasteiger partial charge in [-0.15, -0.1) is 0 Å².